The van der Waals surface area contributed by atoms with Crippen molar-refractivity contribution >= 4 is 40.2 Å². The summed E-state index contributed by atoms with van der Waals surface area (Å²) < 4.78 is 5.69. The van der Waals surface area contributed by atoms with Gasteiger partial charge in [0.25, 0.3) is 10.9 Å². The van der Waals surface area contributed by atoms with Crippen LogP contribution < -0.4 is 5.32 Å². The van der Waals surface area contributed by atoms with Gasteiger partial charge in [0, 0.05) is 47.5 Å². The second-order valence-corrected chi connectivity index (χ2v) is 8.28. The van der Waals surface area contributed by atoms with Crippen LogP contribution in [0.2, 0.25) is 0 Å². The predicted octanol–water partition coefficient (Wildman–Crippen LogP) is 3.94. The molecule has 1 aromatic carbocycles. The summed E-state index contributed by atoms with van der Waals surface area (Å²) in [6, 6.07) is 5.97. The van der Waals surface area contributed by atoms with Gasteiger partial charge in [0.05, 0.1) is 4.92 Å². The van der Waals surface area contributed by atoms with Gasteiger partial charge in [0.15, 0.2) is 5.17 Å². The molecular weight excluding hydrogens is 426 g/mol. The zero-order valence-corrected chi connectivity index (χ0v) is 17.6. The highest BCUT2D eigenvalue weighted by Crippen LogP contribution is 2.29. The summed E-state index contributed by atoms with van der Waals surface area (Å²) in [6.07, 6.45) is 2.86. The first-order chi connectivity index (χ1) is 14.6. The molecule has 0 unspecified atom stereocenters. The lowest BCUT2D eigenvalue weighted by atomic mass is 10.2. The standard InChI is InChI=1S/C18H17N7O3S2/c1-11-20-9-13(15(21-11)22-17-19-7-2-8-29-17)10-30-18-24-23-16(28-18)12-3-5-14(6-4-12)25(26)27/h3-6,9H,2,7-8,10H2,1H3,(H,19,20,21,22). The highest BCUT2D eigenvalue weighted by atomic mass is 32.2. The zero-order chi connectivity index (χ0) is 20.9. The van der Waals surface area contributed by atoms with Gasteiger partial charge in [-0.15, -0.1) is 10.2 Å². The van der Waals surface area contributed by atoms with Gasteiger partial charge in [0.1, 0.15) is 11.6 Å². The van der Waals surface area contributed by atoms with E-state index in [1.807, 2.05) is 6.92 Å². The fraction of sp³-hybridized carbons (Fsp3) is 0.278. The molecule has 0 aliphatic carbocycles. The van der Waals surface area contributed by atoms with Crippen molar-refractivity contribution in [3.8, 4) is 11.5 Å². The van der Waals surface area contributed by atoms with Crippen molar-refractivity contribution in [2.45, 2.75) is 24.3 Å². The molecule has 3 heterocycles. The van der Waals surface area contributed by atoms with Gasteiger partial charge in [-0.3, -0.25) is 15.1 Å². The highest BCUT2D eigenvalue weighted by molar-refractivity contribution is 8.14. The Bertz CT molecular complexity index is 1090. The Morgan fingerprint density at radius 3 is 2.87 bits per heavy atom. The predicted molar refractivity (Wildman–Crippen MR) is 116 cm³/mol. The van der Waals surface area contributed by atoms with Crippen LogP contribution in [0.1, 0.15) is 17.8 Å². The van der Waals surface area contributed by atoms with Crippen LogP contribution in [0.3, 0.4) is 0 Å². The summed E-state index contributed by atoms with van der Waals surface area (Å²) in [7, 11) is 0. The number of nitrogens with zero attached hydrogens (tertiary/aromatic N) is 6. The van der Waals surface area contributed by atoms with Crippen molar-refractivity contribution in [3.63, 3.8) is 0 Å². The number of amidine groups is 1. The Hall–Kier alpha value is -2.99. The number of rotatable bonds is 6. The van der Waals surface area contributed by atoms with Gasteiger partial charge in [-0.1, -0.05) is 23.5 Å². The molecule has 30 heavy (non-hydrogen) atoms. The molecule has 0 radical (unpaired) electrons. The van der Waals surface area contributed by atoms with Crippen LogP contribution in [0.15, 0.2) is 45.1 Å². The normalized spacial score (nSPS) is 13.7. The van der Waals surface area contributed by atoms with Gasteiger partial charge < -0.3 is 9.73 Å². The Morgan fingerprint density at radius 2 is 2.13 bits per heavy atom. The van der Waals surface area contributed by atoms with E-state index in [2.05, 4.69) is 30.5 Å². The zero-order valence-electron chi connectivity index (χ0n) is 15.9. The fourth-order valence-corrected chi connectivity index (χ4v) is 4.14. The first-order valence-corrected chi connectivity index (χ1v) is 11.0. The molecule has 0 amide bonds. The summed E-state index contributed by atoms with van der Waals surface area (Å²) in [5.41, 5.74) is 1.52. The molecule has 10 nitrogen and oxygen atoms in total. The summed E-state index contributed by atoms with van der Waals surface area (Å²) in [6.45, 7) is 2.66. The Balaban J connectivity index is 1.45. The molecule has 4 rings (SSSR count). The van der Waals surface area contributed by atoms with E-state index in [1.54, 1.807) is 30.1 Å². The second-order valence-electron chi connectivity index (χ2n) is 6.27. The maximum Gasteiger partial charge on any atom is 0.277 e. The largest absolute Gasteiger partial charge is 0.411 e. The maximum absolute atomic E-state index is 10.8. The fourth-order valence-electron chi connectivity index (χ4n) is 2.60. The van der Waals surface area contributed by atoms with E-state index in [0.717, 1.165) is 35.3 Å². The van der Waals surface area contributed by atoms with Crippen LogP contribution in [0.4, 0.5) is 11.5 Å². The molecule has 1 aliphatic rings. The number of thioether (sulfide) groups is 2. The van der Waals surface area contributed by atoms with Crippen LogP contribution in [0, 0.1) is 17.0 Å². The van der Waals surface area contributed by atoms with Gasteiger partial charge in [-0.05, 0) is 25.5 Å². The van der Waals surface area contributed by atoms with Gasteiger partial charge >= 0.3 is 0 Å². The number of aryl methyl sites for hydroxylation is 1. The molecule has 0 spiro atoms. The van der Waals surface area contributed by atoms with Gasteiger partial charge in [0.2, 0.25) is 5.89 Å². The van der Waals surface area contributed by atoms with E-state index in [4.69, 9.17) is 4.42 Å². The number of hydrogen-bond acceptors (Lipinski definition) is 11. The summed E-state index contributed by atoms with van der Waals surface area (Å²) in [5.74, 6) is 3.26. The van der Waals surface area contributed by atoms with Crippen molar-refractivity contribution in [2.75, 3.05) is 17.6 Å². The Labute approximate surface area is 180 Å². The van der Waals surface area contributed by atoms with Crippen LogP contribution in [-0.4, -0.2) is 42.6 Å². The van der Waals surface area contributed by atoms with Crippen molar-refractivity contribution < 1.29 is 9.34 Å². The number of aliphatic imine (C=N–C) groups is 1. The molecule has 154 valence electrons. The minimum absolute atomic E-state index is 0.00741. The first kappa shape index (κ1) is 20.3. The minimum atomic E-state index is -0.453. The molecule has 3 aromatic rings. The Kier molecular flexibility index (Phi) is 6.23. The number of nitrogens with one attached hydrogen (secondary N) is 1. The minimum Gasteiger partial charge on any atom is -0.411 e. The van der Waals surface area contributed by atoms with E-state index >= 15 is 0 Å². The van der Waals surface area contributed by atoms with Crippen molar-refractivity contribution in [1.82, 2.24) is 20.2 Å². The van der Waals surface area contributed by atoms with Crippen molar-refractivity contribution in [1.29, 1.82) is 0 Å². The number of hydrogen-bond donors (Lipinski definition) is 1. The summed E-state index contributed by atoms with van der Waals surface area (Å²) in [5, 5.41) is 23.4. The molecule has 0 fully saturated rings. The number of aromatic nitrogens is 4. The number of nitro benzene ring substituents is 1. The lowest BCUT2D eigenvalue weighted by Gasteiger charge is -2.15. The lowest BCUT2D eigenvalue weighted by Crippen LogP contribution is -2.16. The third-order valence-electron chi connectivity index (χ3n) is 4.09. The number of non-ortho nitro benzene ring substituents is 1. The van der Waals surface area contributed by atoms with Crippen molar-refractivity contribution in [2.24, 2.45) is 4.99 Å². The third kappa shape index (κ3) is 4.94. The van der Waals surface area contributed by atoms with E-state index in [-0.39, 0.29) is 5.69 Å². The van der Waals surface area contributed by atoms with Crippen LogP contribution in [0.25, 0.3) is 11.5 Å². The van der Waals surface area contributed by atoms with Crippen molar-refractivity contribution in [3.05, 3.63) is 52.0 Å². The molecule has 0 bridgehead atoms. The van der Waals surface area contributed by atoms with Gasteiger partial charge in [-0.25, -0.2) is 9.97 Å². The highest BCUT2D eigenvalue weighted by Gasteiger charge is 2.15. The summed E-state index contributed by atoms with van der Waals surface area (Å²) >= 11 is 3.04. The molecule has 0 saturated heterocycles. The summed E-state index contributed by atoms with van der Waals surface area (Å²) in [4.78, 5) is 23.6. The number of benzene rings is 1. The SMILES string of the molecule is Cc1ncc(CSc2nnc(-c3ccc([N+](=O)[O-])cc3)o2)c(NC2=NCCCS2)n1. The molecule has 1 aliphatic heterocycles. The van der Waals surface area contributed by atoms with Crippen LogP contribution in [0.5, 0.6) is 0 Å². The quantitative estimate of drug-likeness (QED) is 0.339. The average Bonchev–Trinajstić information content (AvgIpc) is 3.23. The molecule has 0 saturated carbocycles. The first-order valence-electron chi connectivity index (χ1n) is 9.06. The molecule has 12 heteroatoms. The van der Waals surface area contributed by atoms with E-state index in [0.29, 0.717) is 28.3 Å². The molecule has 2 aromatic heterocycles. The smallest absolute Gasteiger partial charge is 0.277 e. The second kappa shape index (κ2) is 9.22. The molecule has 0 atom stereocenters. The van der Waals surface area contributed by atoms with Crippen LogP contribution >= 0.6 is 23.5 Å². The monoisotopic (exact) mass is 443 g/mol. The Morgan fingerprint density at radius 1 is 1.30 bits per heavy atom. The topological polar surface area (TPSA) is 132 Å². The number of nitro groups is 1. The molecular formula is C18H17N7O3S2. The van der Waals surface area contributed by atoms with Crippen LogP contribution in [-0.2, 0) is 5.75 Å². The number of anilines is 1. The van der Waals surface area contributed by atoms with E-state index in [1.165, 1.54) is 23.9 Å². The van der Waals surface area contributed by atoms with Gasteiger partial charge in [-0.2, -0.15) is 0 Å². The van der Waals surface area contributed by atoms with E-state index < -0.39 is 4.92 Å². The van der Waals surface area contributed by atoms with E-state index in [9.17, 15) is 10.1 Å². The lowest BCUT2D eigenvalue weighted by molar-refractivity contribution is -0.384. The molecule has 1 N–H and O–H groups in total. The average molecular weight is 444 g/mol. The maximum atomic E-state index is 10.8. The third-order valence-corrected chi connectivity index (χ3v) is 5.95.